The fourth-order valence-electron chi connectivity index (χ4n) is 3.17. The maximum Gasteiger partial charge on any atom is 0.161 e. The van der Waals surface area contributed by atoms with Crippen LogP contribution in [0.25, 0.3) is 16.7 Å². The summed E-state index contributed by atoms with van der Waals surface area (Å²) < 4.78 is 0. The first-order valence-electron chi connectivity index (χ1n) is 9.71. The maximum absolute atomic E-state index is 11.4. The molecule has 0 atom stereocenters. The van der Waals surface area contributed by atoms with Crippen molar-refractivity contribution in [2.24, 2.45) is 0 Å². The summed E-state index contributed by atoms with van der Waals surface area (Å²) in [6, 6.07) is 17.7. The maximum atomic E-state index is 11.4. The second-order valence-corrected chi connectivity index (χ2v) is 7.80. The fraction of sp³-hybridized carbons (Fsp3) is 0.160. The number of thioether (sulfide) groups is 1. The van der Waals surface area contributed by atoms with Crippen molar-refractivity contribution in [1.29, 1.82) is 0 Å². The summed E-state index contributed by atoms with van der Waals surface area (Å²) in [5.74, 6) is 1.27. The van der Waals surface area contributed by atoms with E-state index in [4.69, 9.17) is 0 Å². The lowest BCUT2D eigenvalue weighted by Gasteiger charge is -2.09. The van der Waals surface area contributed by atoms with Crippen molar-refractivity contribution in [3.05, 3.63) is 89.1 Å². The number of anilines is 1. The number of rotatable bonds is 5. The Hall–Kier alpha value is -3.18. The minimum absolute atomic E-state index is 0.102. The lowest BCUT2D eigenvalue weighted by Crippen LogP contribution is -2.01. The van der Waals surface area contributed by atoms with Crippen molar-refractivity contribution in [3.8, 4) is 11.1 Å². The van der Waals surface area contributed by atoms with E-state index in [1.165, 1.54) is 16.9 Å². The van der Waals surface area contributed by atoms with Crippen LogP contribution in [0, 0.1) is 0 Å². The second-order valence-electron chi connectivity index (χ2n) is 6.82. The van der Waals surface area contributed by atoms with Crippen molar-refractivity contribution in [1.82, 2.24) is 4.98 Å². The zero-order valence-corrected chi connectivity index (χ0v) is 17.9. The number of benzene rings is 2. The van der Waals surface area contributed by atoms with E-state index in [-0.39, 0.29) is 5.78 Å². The zero-order valence-electron chi connectivity index (χ0n) is 17.1. The van der Waals surface area contributed by atoms with Crippen LogP contribution >= 0.6 is 11.8 Å². The molecule has 2 heterocycles. The minimum atomic E-state index is 0.102. The van der Waals surface area contributed by atoms with Gasteiger partial charge in [-0.2, -0.15) is 0 Å². The molecule has 0 spiro atoms. The molecule has 152 valence electrons. The van der Waals surface area contributed by atoms with Gasteiger partial charge in [0.2, 0.25) is 0 Å². The molecule has 4 nitrogen and oxygen atoms in total. The normalized spacial score (nSPS) is 12.4. The molecular weight excluding hydrogens is 392 g/mol. The molecule has 0 bridgehead atoms. The van der Waals surface area contributed by atoms with Crippen molar-refractivity contribution >= 4 is 35.1 Å². The highest BCUT2D eigenvalue weighted by Gasteiger charge is 2.11. The van der Waals surface area contributed by atoms with Crippen LogP contribution < -0.4 is 5.32 Å². The van der Waals surface area contributed by atoms with Gasteiger partial charge in [0, 0.05) is 47.6 Å². The van der Waals surface area contributed by atoms with E-state index in [0.717, 1.165) is 35.1 Å². The van der Waals surface area contributed by atoms with Crippen molar-refractivity contribution < 1.29 is 9.59 Å². The van der Waals surface area contributed by atoms with E-state index < -0.39 is 0 Å². The number of pyridine rings is 1. The summed E-state index contributed by atoms with van der Waals surface area (Å²) >= 11 is 1.85. The summed E-state index contributed by atoms with van der Waals surface area (Å²) in [6.07, 6.45) is 5.23. The topological polar surface area (TPSA) is 59.1 Å². The smallest absolute Gasteiger partial charge is 0.161 e. The molecule has 30 heavy (non-hydrogen) atoms. The Kier molecular flexibility index (Phi) is 7.57. The van der Waals surface area contributed by atoms with E-state index in [1.807, 2.05) is 67.3 Å². The van der Waals surface area contributed by atoms with Gasteiger partial charge >= 0.3 is 0 Å². The lowest BCUT2D eigenvalue weighted by molar-refractivity contribution is 0.101. The Morgan fingerprint density at radius 2 is 1.83 bits per heavy atom. The highest BCUT2D eigenvalue weighted by molar-refractivity contribution is 8.02. The number of nitrogens with one attached hydrogen (secondary N) is 1. The highest BCUT2D eigenvalue weighted by atomic mass is 32.2. The van der Waals surface area contributed by atoms with Crippen LogP contribution in [-0.4, -0.2) is 29.9 Å². The summed E-state index contributed by atoms with van der Waals surface area (Å²) in [7, 11) is 1.85. The standard InChI is InChI=1S/C13H15NOS.C12H9NO/c1-9(15)12-4-3-10(7-13(12)14-2)11-5-6-16-8-11;14-9-10-6-12(8-13-7-10)11-4-2-1-3-5-11/h3-4,7-8,14H,5-6H2,1-2H3;1-9H. The number of carbonyl (C=O) groups is 2. The Morgan fingerprint density at radius 1 is 1.03 bits per heavy atom. The number of nitrogens with zero attached hydrogens (tertiary/aromatic N) is 1. The first kappa shape index (κ1) is 21.5. The summed E-state index contributed by atoms with van der Waals surface area (Å²) in [4.78, 5) is 25.9. The number of hydrogen-bond acceptors (Lipinski definition) is 5. The van der Waals surface area contributed by atoms with Crippen LogP contribution in [-0.2, 0) is 0 Å². The lowest BCUT2D eigenvalue weighted by atomic mass is 10.0. The van der Waals surface area contributed by atoms with Crippen LogP contribution in [0.2, 0.25) is 0 Å². The van der Waals surface area contributed by atoms with Crippen molar-refractivity contribution in [2.75, 3.05) is 18.1 Å². The number of ketones is 1. The predicted molar refractivity (Wildman–Crippen MR) is 126 cm³/mol. The highest BCUT2D eigenvalue weighted by Crippen LogP contribution is 2.32. The molecule has 1 N–H and O–H groups in total. The van der Waals surface area contributed by atoms with Crippen LogP contribution in [0.3, 0.4) is 0 Å². The van der Waals surface area contributed by atoms with Gasteiger partial charge in [0.25, 0.3) is 0 Å². The van der Waals surface area contributed by atoms with E-state index >= 15 is 0 Å². The van der Waals surface area contributed by atoms with Gasteiger partial charge in [0.05, 0.1) is 0 Å². The Bertz CT molecular complexity index is 1060. The van der Waals surface area contributed by atoms with Gasteiger partial charge in [-0.3, -0.25) is 14.6 Å². The van der Waals surface area contributed by atoms with Gasteiger partial charge in [-0.05, 0) is 53.7 Å². The molecule has 1 aliphatic heterocycles. The molecule has 0 saturated carbocycles. The summed E-state index contributed by atoms with van der Waals surface area (Å²) in [6.45, 7) is 1.60. The van der Waals surface area contributed by atoms with Gasteiger partial charge in [-0.25, -0.2) is 0 Å². The summed E-state index contributed by atoms with van der Waals surface area (Å²) in [5, 5.41) is 5.30. The number of aldehydes is 1. The molecule has 4 rings (SSSR count). The first-order valence-corrected chi connectivity index (χ1v) is 10.8. The van der Waals surface area contributed by atoms with Crippen LogP contribution in [0.15, 0.2) is 72.4 Å². The third-order valence-corrected chi connectivity index (χ3v) is 5.65. The number of allylic oxidation sites excluding steroid dienone is 1. The molecule has 0 aliphatic carbocycles. The van der Waals surface area contributed by atoms with Gasteiger partial charge in [0.15, 0.2) is 12.1 Å². The number of hydrogen-bond donors (Lipinski definition) is 1. The summed E-state index contributed by atoms with van der Waals surface area (Å²) in [5.41, 5.74) is 6.92. The molecule has 0 amide bonds. The number of carbonyl (C=O) groups excluding carboxylic acids is 2. The molecule has 0 saturated heterocycles. The zero-order chi connectivity index (χ0) is 21.3. The quantitative estimate of drug-likeness (QED) is 0.410. The van der Waals surface area contributed by atoms with Gasteiger partial charge in [-0.1, -0.05) is 36.4 Å². The molecule has 0 fully saturated rings. The number of aromatic nitrogens is 1. The third kappa shape index (κ3) is 5.45. The van der Waals surface area contributed by atoms with Crippen LogP contribution in [0.5, 0.6) is 0 Å². The van der Waals surface area contributed by atoms with Crippen molar-refractivity contribution in [3.63, 3.8) is 0 Å². The van der Waals surface area contributed by atoms with E-state index in [2.05, 4.69) is 21.8 Å². The first-order chi connectivity index (χ1) is 14.6. The SMILES string of the molecule is CNc1cc(C2=CSCC2)ccc1C(C)=O.O=Cc1cncc(-c2ccccc2)c1. The molecule has 5 heteroatoms. The molecule has 1 aliphatic rings. The van der Waals surface area contributed by atoms with E-state index in [9.17, 15) is 9.59 Å². The third-order valence-electron chi connectivity index (χ3n) is 4.76. The molecular formula is C25H24N2O2S. The molecule has 0 radical (unpaired) electrons. The van der Waals surface area contributed by atoms with Crippen molar-refractivity contribution in [2.45, 2.75) is 13.3 Å². The Labute approximate surface area is 181 Å². The Morgan fingerprint density at radius 3 is 2.47 bits per heavy atom. The number of Topliss-reactive ketones (excluding diaryl/α,β-unsaturated/α-hetero) is 1. The van der Waals surface area contributed by atoms with Crippen LogP contribution in [0.1, 0.15) is 39.6 Å². The van der Waals surface area contributed by atoms with E-state index in [1.54, 1.807) is 19.3 Å². The minimum Gasteiger partial charge on any atom is -0.388 e. The molecule has 1 aromatic heterocycles. The Balaban J connectivity index is 0.000000172. The predicted octanol–water partition coefficient (Wildman–Crippen LogP) is 5.97. The van der Waals surface area contributed by atoms with Gasteiger partial charge in [0.1, 0.15) is 0 Å². The van der Waals surface area contributed by atoms with Gasteiger partial charge < -0.3 is 5.32 Å². The monoisotopic (exact) mass is 416 g/mol. The molecule has 0 unspecified atom stereocenters. The largest absolute Gasteiger partial charge is 0.388 e. The fourth-order valence-corrected chi connectivity index (χ4v) is 4.08. The van der Waals surface area contributed by atoms with Crippen LogP contribution in [0.4, 0.5) is 5.69 Å². The average Bonchev–Trinajstić information content (AvgIpc) is 3.34. The molecule has 3 aromatic rings. The second kappa shape index (κ2) is 10.6. The van der Waals surface area contributed by atoms with Gasteiger partial charge in [-0.15, -0.1) is 11.8 Å². The molecule has 2 aromatic carbocycles. The van der Waals surface area contributed by atoms with E-state index in [0.29, 0.717) is 5.56 Å². The average molecular weight is 417 g/mol.